The van der Waals surface area contributed by atoms with Gasteiger partial charge in [0.2, 0.25) is 0 Å². The first kappa shape index (κ1) is 12.2. The minimum absolute atomic E-state index is 0.373. The molecule has 0 bridgehead atoms. The van der Waals surface area contributed by atoms with Crippen LogP contribution in [0.15, 0.2) is 0 Å². The highest BCUT2D eigenvalue weighted by molar-refractivity contribution is 8.06. The smallest absolute Gasteiger partial charge is 0.320 e. The molecule has 1 rings (SSSR count). The Balaban J connectivity index is 2.20. The Labute approximate surface area is 93.4 Å². The van der Waals surface area contributed by atoms with Crippen molar-refractivity contribution < 1.29 is 9.90 Å². The second-order valence-electron chi connectivity index (χ2n) is 3.28. The van der Waals surface area contributed by atoms with E-state index in [-0.39, 0.29) is 6.04 Å². The fourth-order valence-corrected chi connectivity index (χ4v) is 3.96. The average Bonchev–Trinajstić information content (AvgIpc) is 2.20. The number of nitrogens with one attached hydrogen (secondary N) is 1. The molecule has 1 aliphatic rings. The van der Waals surface area contributed by atoms with Crippen LogP contribution in [0.5, 0.6) is 0 Å². The van der Waals surface area contributed by atoms with Gasteiger partial charge in [-0.05, 0) is 6.42 Å². The summed E-state index contributed by atoms with van der Waals surface area (Å²) < 4.78 is 0. The maximum atomic E-state index is 10.7. The predicted octanol–water partition coefficient (Wildman–Crippen LogP) is 1.29. The highest BCUT2D eigenvalue weighted by atomic mass is 32.2. The molecule has 0 amide bonds. The standard InChI is InChI=1S/C9H17NO2S2/c1-2-8(9(11)12)10-5-7-6-13-3-4-14-7/h7-8,10H,2-6H2,1H3,(H,11,12). The Hall–Kier alpha value is 0.130. The van der Waals surface area contributed by atoms with Crippen LogP contribution in [0, 0.1) is 0 Å². The summed E-state index contributed by atoms with van der Waals surface area (Å²) in [6.45, 7) is 2.72. The summed E-state index contributed by atoms with van der Waals surface area (Å²) >= 11 is 3.91. The normalized spacial score (nSPS) is 24.5. The molecular formula is C9H17NO2S2. The highest BCUT2D eigenvalue weighted by Gasteiger charge is 2.18. The lowest BCUT2D eigenvalue weighted by Gasteiger charge is -2.22. The summed E-state index contributed by atoms with van der Waals surface area (Å²) in [6, 6.07) is -0.373. The molecule has 0 aromatic heterocycles. The Bertz CT molecular complexity index is 184. The molecule has 1 heterocycles. The van der Waals surface area contributed by atoms with Crippen molar-refractivity contribution in [3.8, 4) is 0 Å². The summed E-state index contributed by atoms with van der Waals surface area (Å²) in [4.78, 5) is 10.7. The van der Waals surface area contributed by atoms with E-state index in [4.69, 9.17) is 5.11 Å². The predicted molar refractivity (Wildman–Crippen MR) is 63.3 cm³/mol. The highest BCUT2D eigenvalue weighted by Crippen LogP contribution is 2.23. The van der Waals surface area contributed by atoms with Gasteiger partial charge in [-0.2, -0.15) is 23.5 Å². The van der Waals surface area contributed by atoms with Crippen molar-refractivity contribution in [3.05, 3.63) is 0 Å². The lowest BCUT2D eigenvalue weighted by Crippen LogP contribution is -2.40. The van der Waals surface area contributed by atoms with Crippen molar-refractivity contribution in [2.24, 2.45) is 0 Å². The van der Waals surface area contributed by atoms with Crippen molar-refractivity contribution >= 4 is 29.5 Å². The number of thioether (sulfide) groups is 2. The van der Waals surface area contributed by atoms with Crippen LogP contribution in [-0.2, 0) is 4.79 Å². The van der Waals surface area contributed by atoms with E-state index in [1.165, 1.54) is 11.5 Å². The lowest BCUT2D eigenvalue weighted by molar-refractivity contribution is -0.139. The zero-order valence-electron chi connectivity index (χ0n) is 8.36. The molecule has 2 unspecified atom stereocenters. The van der Waals surface area contributed by atoms with E-state index < -0.39 is 5.97 Å². The first-order valence-corrected chi connectivity index (χ1v) is 7.10. The molecule has 1 aliphatic heterocycles. The molecule has 3 nitrogen and oxygen atoms in total. The second kappa shape index (κ2) is 6.58. The van der Waals surface area contributed by atoms with E-state index >= 15 is 0 Å². The van der Waals surface area contributed by atoms with E-state index in [9.17, 15) is 4.79 Å². The minimum atomic E-state index is -0.735. The van der Waals surface area contributed by atoms with Crippen LogP contribution < -0.4 is 5.32 Å². The first-order chi connectivity index (χ1) is 6.74. The Morgan fingerprint density at radius 3 is 2.93 bits per heavy atom. The third-order valence-electron chi connectivity index (χ3n) is 2.18. The van der Waals surface area contributed by atoms with Gasteiger partial charge in [-0.25, -0.2) is 0 Å². The molecule has 82 valence electrons. The molecule has 5 heteroatoms. The Kier molecular flexibility index (Phi) is 5.74. The molecule has 14 heavy (non-hydrogen) atoms. The van der Waals surface area contributed by atoms with Gasteiger partial charge in [-0.15, -0.1) is 0 Å². The third kappa shape index (κ3) is 4.11. The van der Waals surface area contributed by atoms with Gasteiger partial charge in [0, 0.05) is 29.1 Å². The maximum Gasteiger partial charge on any atom is 0.320 e. The van der Waals surface area contributed by atoms with Crippen molar-refractivity contribution in [2.75, 3.05) is 23.8 Å². The molecule has 2 N–H and O–H groups in total. The average molecular weight is 235 g/mol. The summed E-state index contributed by atoms with van der Waals surface area (Å²) in [7, 11) is 0. The summed E-state index contributed by atoms with van der Waals surface area (Å²) in [5.41, 5.74) is 0. The van der Waals surface area contributed by atoms with Gasteiger partial charge in [-0.3, -0.25) is 4.79 Å². The zero-order chi connectivity index (χ0) is 10.4. The monoisotopic (exact) mass is 235 g/mol. The van der Waals surface area contributed by atoms with Gasteiger partial charge in [0.25, 0.3) is 0 Å². The molecule has 1 saturated heterocycles. The number of carboxylic acids is 1. The van der Waals surface area contributed by atoms with Crippen molar-refractivity contribution in [1.82, 2.24) is 5.32 Å². The van der Waals surface area contributed by atoms with Gasteiger partial charge >= 0.3 is 5.97 Å². The van der Waals surface area contributed by atoms with E-state index in [0.29, 0.717) is 11.7 Å². The van der Waals surface area contributed by atoms with Crippen LogP contribution in [0.3, 0.4) is 0 Å². The van der Waals surface area contributed by atoms with E-state index in [1.807, 2.05) is 30.4 Å². The van der Waals surface area contributed by atoms with Crippen molar-refractivity contribution in [3.63, 3.8) is 0 Å². The lowest BCUT2D eigenvalue weighted by atomic mass is 10.2. The van der Waals surface area contributed by atoms with Crippen molar-refractivity contribution in [2.45, 2.75) is 24.6 Å². The summed E-state index contributed by atoms with van der Waals surface area (Å²) in [6.07, 6.45) is 0.653. The quantitative estimate of drug-likeness (QED) is 0.752. The van der Waals surface area contributed by atoms with Crippen LogP contribution in [0.25, 0.3) is 0 Å². The number of carboxylic acid groups (broad SMARTS) is 1. The van der Waals surface area contributed by atoms with Gasteiger partial charge in [0.1, 0.15) is 6.04 Å². The fourth-order valence-electron chi connectivity index (χ4n) is 1.33. The van der Waals surface area contributed by atoms with E-state index in [1.54, 1.807) is 0 Å². The third-order valence-corrected chi connectivity index (χ3v) is 5.03. The topological polar surface area (TPSA) is 49.3 Å². The molecule has 0 aromatic carbocycles. The number of carbonyl (C=O) groups is 1. The Morgan fingerprint density at radius 1 is 1.64 bits per heavy atom. The molecule has 0 spiro atoms. The zero-order valence-corrected chi connectivity index (χ0v) is 10.00. The van der Waals surface area contributed by atoms with Crippen LogP contribution in [0.4, 0.5) is 0 Å². The maximum absolute atomic E-state index is 10.7. The summed E-state index contributed by atoms with van der Waals surface area (Å²) in [5, 5.41) is 12.5. The van der Waals surface area contributed by atoms with E-state index in [2.05, 4.69) is 5.32 Å². The molecule has 2 atom stereocenters. The first-order valence-electron chi connectivity index (χ1n) is 4.89. The number of hydrogen-bond donors (Lipinski definition) is 2. The van der Waals surface area contributed by atoms with Gasteiger partial charge < -0.3 is 10.4 Å². The van der Waals surface area contributed by atoms with Gasteiger partial charge in [0.05, 0.1) is 0 Å². The molecule has 1 fully saturated rings. The minimum Gasteiger partial charge on any atom is -0.480 e. The van der Waals surface area contributed by atoms with Crippen LogP contribution >= 0.6 is 23.5 Å². The molecule has 0 radical (unpaired) electrons. The summed E-state index contributed by atoms with van der Waals surface area (Å²) in [5.74, 6) is 2.84. The second-order valence-corrected chi connectivity index (χ2v) is 5.83. The van der Waals surface area contributed by atoms with Crippen LogP contribution in [0.1, 0.15) is 13.3 Å². The molecule has 0 aliphatic carbocycles. The van der Waals surface area contributed by atoms with E-state index in [0.717, 1.165) is 12.3 Å². The largest absolute Gasteiger partial charge is 0.480 e. The fraction of sp³-hybridized carbons (Fsp3) is 0.889. The van der Waals surface area contributed by atoms with Gasteiger partial charge in [-0.1, -0.05) is 6.92 Å². The molecular weight excluding hydrogens is 218 g/mol. The number of aliphatic carboxylic acids is 1. The number of hydrogen-bond acceptors (Lipinski definition) is 4. The SMILES string of the molecule is CCC(NCC1CSCCS1)C(=O)O. The van der Waals surface area contributed by atoms with Crippen LogP contribution in [0.2, 0.25) is 0 Å². The Morgan fingerprint density at radius 2 is 2.43 bits per heavy atom. The number of rotatable bonds is 5. The molecule has 0 aromatic rings. The molecule has 0 saturated carbocycles. The van der Waals surface area contributed by atoms with Crippen molar-refractivity contribution in [1.29, 1.82) is 0 Å². The van der Waals surface area contributed by atoms with Gasteiger partial charge in [0.15, 0.2) is 0 Å². The van der Waals surface area contributed by atoms with Crippen LogP contribution in [-0.4, -0.2) is 46.2 Å².